The molecule has 3 aromatic rings. The van der Waals surface area contributed by atoms with Crippen LogP contribution in [0.1, 0.15) is 52.7 Å². The van der Waals surface area contributed by atoms with Crippen LogP contribution in [0.3, 0.4) is 0 Å². The summed E-state index contributed by atoms with van der Waals surface area (Å²) < 4.78 is 5.78. The van der Waals surface area contributed by atoms with Gasteiger partial charge in [-0.2, -0.15) is 0 Å². The zero-order valence-corrected chi connectivity index (χ0v) is 20.0. The Morgan fingerprint density at radius 2 is 2.00 bits per heavy atom. The molecule has 4 rings (SSSR count). The van der Waals surface area contributed by atoms with Crippen LogP contribution >= 0.6 is 23.7 Å². The number of aromatic nitrogens is 1. The van der Waals surface area contributed by atoms with Crippen molar-refractivity contribution in [1.29, 1.82) is 0 Å². The summed E-state index contributed by atoms with van der Waals surface area (Å²) in [4.78, 5) is 21.1. The molecule has 1 N–H and O–H groups in total. The van der Waals surface area contributed by atoms with Crippen LogP contribution in [0.4, 0.5) is 5.13 Å². The van der Waals surface area contributed by atoms with E-state index in [0.29, 0.717) is 17.3 Å². The van der Waals surface area contributed by atoms with Crippen molar-refractivity contribution in [1.82, 2.24) is 9.88 Å². The van der Waals surface area contributed by atoms with Crippen molar-refractivity contribution >= 4 is 34.8 Å². The second-order valence-electron chi connectivity index (χ2n) is 7.87. The summed E-state index contributed by atoms with van der Waals surface area (Å²) in [5.74, 6) is 0.588. The van der Waals surface area contributed by atoms with Gasteiger partial charge in [-0.25, -0.2) is 4.98 Å². The van der Waals surface area contributed by atoms with Gasteiger partial charge in [-0.1, -0.05) is 56.2 Å². The van der Waals surface area contributed by atoms with Crippen molar-refractivity contribution in [3.63, 3.8) is 0 Å². The van der Waals surface area contributed by atoms with Crippen LogP contribution in [0.25, 0.3) is 0 Å². The molecular formula is C25H30ClN3O2S. The van der Waals surface area contributed by atoms with Crippen LogP contribution in [-0.2, 0) is 19.5 Å². The maximum Gasteiger partial charge on any atom is 0.257 e. The van der Waals surface area contributed by atoms with Gasteiger partial charge in [0.05, 0.1) is 12.3 Å². The molecule has 2 aromatic carbocycles. The number of fused-ring (bicyclic) bond motifs is 1. The number of unbranched alkanes of at least 4 members (excludes halogenated alkanes) is 2. The number of amides is 1. The molecule has 7 heteroatoms. The van der Waals surface area contributed by atoms with E-state index in [9.17, 15) is 4.79 Å². The van der Waals surface area contributed by atoms with E-state index in [-0.39, 0.29) is 18.3 Å². The lowest BCUT2D eigenvalue weighted by Crippen LogP contribution is -2.29. The first kappa shape index (κ1) is 24.2. The molecule has 0 fully saturated rings. The molecule has 1 amide bonds. The average molecular weight is 472 g/mol. The molecule has 170 valence electrons. The molecule has 0 saturated heterocycles. The van der Waals surface area contributed by atoms with Crippen molar-refractivity contribution in [3.05, 3.63) is 76.3 Å². The number of hydrogen-bond donors (Lipinski definition) is 1. The summed E-state index contributed by atoms with van der Waals surface area (Å²) in [5.41, 5.74) is 3.02. The summed E-state index contributed by atoms with van der Waals surface area (Å²) in [6.45, 7) is 5.64. The van der Waals surface area contributed by atoms with Crippen LogP contribution in [0.2, 0.25) is 0 Å². The van der Waals surface area contributed by atoms with Gasteiger partial charge in [0, 0.05) is 36.5 Å². The molecule has 0 unspecified atom stereocenters. The van der Waals surface area contributed by atoms with Crippen LogP contribution in [-0.4, -0.2) is 28.9 Å². The van der Waals surface area contributed by atoms with E-state index in [1.807, 2.05) is 24.3 Å². The Hall–Kier alpha value is -2.41. The summed E-state index contributed by atoms with van der Waals surface area (Å²) in [6.07, 6.45) is 4.25. The number of carbonyl (C=O) groups is 1. The second-order valence-corrected chi connectivity index (χ2v) is 8.96. The predicted molar refractivity (Wildman–Crippen MR) is 133 cm³/mol. The zero-order chi connectivity index (χ0) is 21.5. The van der Waals surface area contributed by atoms with Crippen LogP contribution < -0.4 is 10.1 Å². The number of thiazole rings is 1. The first-order valence-corrected chi connectivity index (χ1v) is 11.8. The third kappa shape index (κ3) is 6.55. The van der Waals surface area contributed by atoms with Gasteiger partial charge in [0.25, 0.3) is 5.91 Å². The third-order valence-corrected chi connectivity index (χ3v) is 6.39. The van der Waals surface area contributed by atoms with E-state index in [0.717, 1.165) is 56.8 Å². The lowest BCUT2D eigenvalue weighted by atomic mass is 10.1. The Morgan fingerprint density at radius 3 is 2.81 bits per heavy atom. The number of hydrogen-bond acceptors (Lipinski definition) is 5. The van der Waals surface area contributed by atoms with Gasteiger partial charge >= 0.3 is 0 Å². The Bertz CT molecular complexity index is 1010. The molecule has 1 aromatic heterocycles. The Morgan fingerprint density at radius 1 is 1.16 bits per heavy atom. The quantitative estimate of drug-likeness (QED) is 0.392. The lowest BCUT2D eigenvalue weighted by Gasteiger charge is -2.25. The number of nitrogens with one attached hydrogen (secondary N) is 1. The number of rotatable bonds is 9. The molecule has 0 aliphatic carbocycles. The number of nitrogens with zero attached hydrogens (tertiary/aromatic N) is 2. The monoisotopic (exact) mass is 471 g/mol. The van der Waals surface area contributed by atoms with E-state index in [1.54, 1.807) is 17.4 Å². The fourth-order valence-electron chi connectivity index (χ4n) is 3.72. The van der Waals surface area contributed by atoms with Crippen molar-refractivity contribution in [2.24, 2.45) is 0 Å². The van der Waals surface area contributed by atoms with Gasteiger partial charge in [-0.15, -0.1) is 23.7 Å². The molecule has 5 nitrogen and oxygen atoms in total. The number of benzene rings is 2. The van der Waals surface area contributed by atoms with Crippen LogP contribution in [0, 0.1) is 0 Å². The van der Waals surface area contributed by atoms with Gasteiger partial charge in [0.1, 0.15) is 5.75 Å². The summed E-state index contributed by atoms with van der Waals surface area (Å²) in [6, 6.07) is 17.9. The van der Waals surface area contributed by atoms with Crippen molar-refractivity contribution in [2.75, 3.05) is 18.5 Å². The van der Waals surface area contributed by atoms with E-state index < -0.39 is 0 Å². The molecular weight excluding hydrogens is 442 g/mol. The third-order valence-electron chi connectivity index (χ3n) is 5.39. The summed E-state index contributed by atoms with van der Waals surface area (Å²) in [5, 5.41) is 3.65. The molecule has 2 heterocycles. The molecule has 0 radical (unpaired) electrons. The smallest absolute Gasteiger partial charge is 0.257 e. The van der Waals surface area contributed by atoms with Gasteiger partial charge in [-0.3, -0.25) is 15.0 Å². The van der Waals surface area contributed by atoms with E-state index >= 15 is 0 Å². The maximum atomic E-state index is 12.8. The normalized spacial score (nSPS) is 13.2. The van der Waals surface area contributed by atoms with Crippen molar-refractivity contribution in [2.45, 2.75) is 45.7 Å². The van der Waals surface area contributed by atoms with Gasteiger partial charge in [0.15, 0.2) is 5.13 Å². The Balaban J connectivity index is 0.00000289. The minimum absolute atomic E-state index is 0. The fourth-order valence-corrected chi connectivity index (χ4v) is 4.76. The minimum atomic E-state index is -0.147. The average Bonchev–Trinajstić information content (AvgIpc) is 3.19. The maximum absolute atomic E-state index is 12.8. The first-order valence-electron chi connectivity index (χ1n) is 11.0. The van der Waals surface area contributed by atoms with Crippen molar-refractivity contribution in [3.8, 4) is 5.75 Å². The molecule has 1 aliphatic heterocycles. The van der Waals surface area contributed by atoms with E-state index in [2.05, 4.69) is 46.4 Å². The number of halogens is 1. The lowest BCUT2D eigenvalue weighted by molar-refractivity contribution is 0.102. The molecule has 0 atom stereocenters. The molecule has 1 aliphatic rings. The molecule has 0 saturated carbocycles. The first-order chi connectivity index (χ1) is 15.2. The largest absolute Gasteiger partial charge is 0.494 e. The van der Waals surface area contributed by atoms with Gasteiger partial charge in [-0.05, 0) is 30.2 Å². The van der Waals surface area contributed by atoms with Crippen LogP contribution in [0.15, 0.2) is 54.6 Å². The Kier molecular flexibility index (Phi) is 9.09. The highest BCUT2D eigenvalue weighted by atomic mass is 35.5. The zero-order valence-electron chi connectivity index (χ0n) is 18.4. The summed E-state index contributed by atoms with van der Waals surface area (Å²) >= 11 is 1.58. The number of ether oxygens (including phenoxy) is 1. The summed E-state index contributed by atoms with van der Waals surface area (Å²) in [7, 11) is 0. The SMILES string of the molecule is CCCCCOc1cccc(C(=O)Nc2nc3c(s2)CN(Cc2ccccc2)CC3)c1.Cl. The number of anilines is 1. The fraction of sp³-hybridized carbons (Fsp3) is 0.360. The standard InChI is InChI=1S/C25H29N3O2S.ClH/c1-2-3-7-15-30-21-12-8-11-20(16-21)24(29)27-25-26-22-13-14-28(18-23(22)31-25)17-19-9-5-4-6-10-19;/h4-6,8-12,16H,2-3,7,13-15,17-18H2,1H3,(H,26,27,29);1H. The Labute approximate surface area is 200 Å². The minimum Gasteiger partial charge on any atom is -0.494 e. The molecule has 0 spiro atoms. The topological polar surface area (TPSA) is 54.5 Å². The second kappa shape index (κ2) is 12.0. The highest BCUT2D eigenvalue weighted by molar-refractivity contribution is 7.15. The van der Waals surface area contributed by atoms with Gasteiger partial charge < -0.3 is 4.74 Å². The highest BCUT2D eigenvalue weighted by Crippen LogP contribution is 2.29. The van der Waals surface area contributed by atoms with E-state index in [1.165, 1.54) is 10.4 Å². The van der Waals surface area contributed by atoms with Crippen LogP contribution in [0.5, 0.6) is 5.75 Å². The predicted octanol–water partition coefficient (Wildman–Crippen LogP) is 5.94. The van der Waals surface area contributed by atoms with Gasteiger partial charge in [0.2, 0.25) is 0 Å². The van der Waals surface area contributed by atoms with E-state index in [4.69, 9.17) is 4.74 Å². The molecule has 32 heavy (non-hydrogen) atoms. The highest BCUT2D eigenvalue weighted by Gasteiger charge is 2.21. The molecule has 0 bridgehead atoms. The number of carbonyl (C=O) groups excluding carboxylic acids is 1. The van der Waals surface area contributed by atoms with Crippen molar-refractivity contribution < 1.29 is 9.53 Å².